The van der Waals surface area contributed by atoms with Crippen LogP contribution in [0.3, 0.4) is 0 Å². The fourth-order valence-corrected chi connectivity index (χ4v) is 9.98. The Hall–Kier alpha value is -2.89. The molecule has 1 rings (SSSR count). The third-order valence-electron chi connectivity index (χ3n) is 15.1. The summed E-state index contributed by atoms with van der Waals surface area (Å²) in [6.07, 6.45) is 77.9. The van der Waals surface area contributed by atoms with Crippen LogP contribution in [0.15, 0.2) is 97.2 Å². The number of aliphatic hydroxyl groups is 5. The maximum absolute atomic E-state index is 13.1. The SMILES string of the molecule is CC/C=C\C/C=C\C/C=C\C/C=C\C/C=C\CCCCCCCCCCCCCCCCCCCCCC(=O)NC(COC1OC(CO)C(O)C(O)C1O)C(O)/C=C/CC/C=C/CC/C=C/CCCCCCCCCCCCC. The number of unbranched alkanes of at least 4 members (excludes halogenated alkanes) is 32. The second kappa shape index (κ2) is 58.3. The number of aliphatic hydroxyl groups excluding tert-OH is 5. The number of amides is 1. The van der Waals surface area contributed by atoms with Crippen molar-refractivity contribution in [1.82, 2.24) is 5.32 Å². The van der Waals surface area contributed by atoms with Crippen LogP contribution in [0.5, 0.6) is 0 Å². The molecule has 7 atom stereocenters. The maximum Gasteiger partial charge on any atom is 0.220 e. The Balaban J connectivity index is 2.15. The molecule has 456 valence electrons. The quantitative estimate of drug-likeness (QED) is 0.0261. The van der Waals surface area contributed by atoms with E-state index >= 15 is 0 Å². The zero-order valence-electron chi connectivity index (χ0n) is 50.9. The van der Waals surface area contributed by atoms with Gasteiger partial charge < -0.3 is 40.3 Å². The molecule has 0 radical (unpaired) electrons. The number of allylic oxidation sites excluding steroid dienone is 15. The molecule has 0 saturated carbocycles. The van der Waals surface area contributed by atoms with Crippen LogP contribution in [0.25, 0.3) is 0 Å². The van der Waals surface area contributed by atoms with Gasteiger partial charge in [0.25, 0.3) is 0 Å². The number of rotatable bonds is 56. The predicted octanol–water partition coefficient (Wildman–Crippen LogP) is 17.5. The summed E-state index contributed by atoms with van der Waals surface area (Å²) >= 11 is 0. The lowest BCUT2D eigenvalue weighted by atomic mass is 9.99. The third-order valence-corrected chi connectivity index (χ3v) is 15.1. The van der Waals surface area contributed by atoms with Crippen LogP contribution >= 0.6 is 0 Å². The molecule has 0 spiro atoms. The molecule has 0 bridgehead atoms. The van der Waals surface area contributed by atoms with E-state index in [9.17, 15) is 30.3 Å². The Morgan fingerprint density at radius 1 is 0.443 bits per heavy atom. The first-order chi connectivity index (χ1) is 38.8. The van der Waals surface area contributed by atoms with Gasteiger partial charge in [-0.05, 0) is 89.9 Å². The van der Waals surface area contributed by atoms with Gasteiger partial charge in [0.2, 0.25) is 5.91 Å². The van der Waals surface area contributed by atoms with E-state index in [-0.39, 0.29) is 12.5 Å². The zero-order valence-corrected chi connectivity index (χ0v) is 50.9. The van der Waals surface area contributed by atoms with Crippen molar-refractivity contribution in [2.45, 2.75) is 326 Å². The first-order valence-electron chi connectivity index (χ1n) is 33.0. The van der Waals surface area contributed by atoms with Crippen molar-refractivity contribution in [2.75, 3.05) is 13.2 Å². The van der Waals surface area contributed by atoms with Gasteiger partial charge in [-0.25, -0.2) is 0 Å². The highest BCUT2D eigenvalue weighted by atomic mass is 16.7. The summed E-state index contributed by atoms with van der Waals surface area (Å²) in [5.41, 5.74) is 0. The first kappa shape index (κ1) is 74.1. The van der Waals surface area contributed by atoms with Crippen molar-refractivity contribution in [3.05, 3.63) is 97.2 Å². The molecule has 1 amide bonds. The van der Waals surface area contributed by atoms with E-state index in [1.165, 1.54) is 186 Å². The molecule has 1 saturated heterocycles. The van der Waals surface area contributed by atoms with Gasteiger partial charge in [0.05, 0.1) is 25.4 Å². The summed E-state index contributed by atoms with van der Waals surface area (Å²) in [5.74, 6) is -0.190. The van der Waals surface area contributed by atoms with Crippen molar-refractivity contribution < 1.29 is 39.8 Å². The Kier molecular flexibility index (Phi) is 54.7. The second-order valence-electron chi connectivity index (χ2n) is 22.5. The average Bonchev–Trinajstić information content (AvgIpc) is 3.47. The molecule has 0 aromatic heterocycles. The minimum absolute atomic E-state index is 0.190. The second-order valence-corrected chi connectivity index (χ2v) is 22.5. The Labute approximate surface area is 485 Å². The molecule has 6 N–H and O–H groups in total. The Bertz CT molecular complexity index is 1560. The number of carbonyl (C=O) groups is 1. The van der Waals surface area contributed by atoms with Gasteiger partial charge in [-0.15, -0.1) is 0 Å². The molecule has 9 heteroatoms. The fraction of sp³-hybridized carbons (Fsp3) is 0.757. The Morgan fingerprint density at radius 2 is 0.797 bits per heavy atom. The smallest absolute Gasteiger partial charge is 0.220 e. The number of hydrogen-bond acceptors (Lipinski definition) is 8. The average molecular weight is 1110 g/mol. The van der Waals surface area contributed by atoms with E-state index in [1.807, 2.05) is 6.08 Å². The summed E-state index contributed by atoms with van der Waals surface area (Å²) in [6, 6.07) is -0.833. The molecule has 79 heavy (non-hydrogen) atoms. The van der Waals surface area contributed by atoms with Gasteiger partial charge in [0, 0.05) is 6.42 Å². The van der Waals surface area contributed by atoms with E-state index in [1.54, 1.807) is 6.08 Å². The summed E-state index contributed by atoms with van der Waals surface area (Å²) in [6.45, 7) is 3.66. The van der Waals surface area contributed by atoms with Crippen LogP contribution in [0.2, 0.25) is 0 Å². The van der Waals surface area contributed by atoms with Gasteiger partial charge in [0.15, 0.2) is 6.29 Å². The topological polar surface area (TPSA) is 149 Å². The van der Waals surface area contributed by atoms with E-state index < -0.39 is 49.5 Å². The molecule has 0 aromatic rings. The molecular formula is C70H123NO8. The van der Waals surface area contributed by atoms with E-state index in [2.05, 4.69) is 104 Å². The lowest BCUT2D eigenvalue weighted by molar-refractivity contribution is -0.302. The van der Waals surface area contributed by atoms with Crippen molar-refractivity contribution in [1.29, 1.82) is 0 Å². The van der Waals surface area contributed by atoms with Crippen LogP contribution in [-0.4, -0.2) is 87.5 Å². The van der Waals surface area contributed by atoms with Crippen LogP contribution in [-0.2, 0) is 14.3 Å². The van der Waals surface area contributed by atoms with Crippen LogP contribution in [0.4, 0.5) is 0 Å². The third kappa shape index (κ3) is 47.3. The maximum atomic E-state index is 13.1. The molecule has 1 aliphatic rings. The van der Waals surface area contributed by atoms with Gasteiger partial charge in [-0.2, -0.15) is 0 Å². The number of hydrogen-bond donors (Lipinski definition) is 6. The van der Waals surface area contributed by atoms with Crippen LogP contribution in [0.1, 0.15) is 284 Å². The molecule has 1 heterocycles. The Morgan fingerprint density at radius 3 is 1.22 bits per heavy atom. The molecule has 1 aliphatic heterocycles. The normalized spacial score (nSPS) is 19.2. The highest BCUT2D eigenvalue weighted by Gasteiger charge is 2.44. The number of carbonyl (C=O) groups excluding carboxylic acids is 1. The van der Waals surface area contributed by atoms with Crippen molar-refractivity contribution in [2.24, 2.45) is 0 Å². The van der Waals surface area contributed by atoms with Crippen LogP contribution in [0, 0.1) is 0 Å². The van der Waals surface area contributed by atoms with Gasteiger partial charge >= 0.3 is 0 Å². The fourth-order valence-electron chi connectivity index (χ4n) is 9.98. The minimum atomic E-state index is -1.58. The molecule has 7 unspecified atom stereocenters. The molecule has 0 aromatic carbocycles. The molecule has 9 nitrogen and oxygen atoms in total. The van der Waals surface area contributed by atoms with E-state index in [4.69, 9.17) is 9.47 Å². The lowest BCUT2D eigenvalue weighted by Gasteiger charge is -2.40. The summed E-state index contributed by atoms with van der Waals surface area (Å²) in [4.78, 5) is 13.1. The van der Waals surface area contributed by atoms with Crippen molar-refractivity contribution in [3.8, 4) is 0 Å². The van der Waals surface area contributed by atoms with Gasteiger partial charge in [-0.3, -0.25) is 4.79 Å². The first-order valence-corrected chi connectivity index (χ1v) is 33.0. The standard InChI is InChI=1S/C70H123NO8/c1-3-5-7-9-11-13-15-17-19-21-23-25-26-27-28-29-30-31-32-33-34-35-36-37-38-40-42-44-46-48-50-52-54-56-58-60-66(74)71-63(62-78-70-69(77)68(76)67(75)65(61-72)79-70)64(73)59-57-55-53-51-49-47-45-43-41-39-24-22-20-18-16-14-12-10-8-6-4-2/h5,7,11,13,17,19,23,25,27-28,41,43,49,51,57,59,63-65,67-70,72-73,75-77H,3-4,6,8-10,12,14-16,18,20-22,24,26,29-40,42,44-48,50,52-56,58,60-62H2,1-2H3,(H,71,74)/b7-5-,13-11-,19-17-,25-23-,28-27-,43-41+,51-49+,59-57+. The summed E-state index contributed by atoms with van der Waals surface area (Å²) in [5, 5.41) is 54.6. The lowest BCUT2D eigenvalue weighted by Crippen LogP contribution is -2.60. The highest BCUT2D eigenvalue weighted by molar-refractivity contribution is 5.76. The molecular weight excluding hydrogens is 983 g/mol. The number of nitrogens with one attached hydrogen (secondary N) is 1. The van der Waals surface area contributed by atoms with Gasteiger partial charge in [-0.1, -0.05) is 284 Å². The minimum Gasteiger partial charge on any atom is -0.394 e. The zero-order chi connectivity index (χ0) is 57.2. The van der Waals surface area contributed by atoms with E-state index in [0.29, 0.717) is 6.42 Å². The largest absolute Gasteiger partial charge is 0.394 e. The summed E-state index contributed by atoms with van der Waals surface area (Å²) in [7, 11) is 0. The molecule has 1 fully saturated rings. The highest BCUT2D eigenvalue weighted by Crippen LogP contribution is 2.23. The molecule has 0 aliphatic carbocycles. The monoisotopic (exact) mass is 1110 g/mol. The van der Waals surface area contributed by atoms with Crippen LogP contribution < -0.4 is 5.32 Å². The number of ether oxygens (including phenoxy) is 2. The van der Waals surface area contributed by atoms with Crippen molar-refractivity contribution >= 4 is 5.91 Å². The van der Waals surface area contributed by atoms with E-state index in [0.717, 1.165) is 77.0 Å². The predicted molar refractivity (Wildman–Crippen MR) is 336 cm³/mol. The van der Waals surface area contributed by atoms with Crippen molar-refractivity contribution in [3.63, 3.8) is 0 Å². The summed E-state index contributed by atoms with van der Waals surface area (Å²) < 4.78 is 11.3. The van der Waals surface area contributed by atoms with Gasteiger partial charge in [0.1, 0.15) is 24.4 Å².